The van der Waals surface area contributed by atoms with Crippen molar-refractivity contribution in [2.45, 2.75) is 19.0 Å². The van der Waals surface area contributed by atoms with Crippen molar-refractivity contribution in [3.63, 3.8) is 0 Å². The van der Waals surface area contributed by atoms with E-state index in [0.29, 0.717) is 4.47 Å². The Labute approximate surface area is 129 Å². The van der Waals surface area contributed by atoms with Gasteiger partial charge < -0.3 is 10.2 Å². The molecule has 20 heavy (non-hydrogen) atoms. The molecule has 1 heterocycles. The van der Waals surface area contributed by atoms with Crippen LogP contribution in [0.15, 0.2) is 22.7 Å². The molecule has 1 saturated heterocycles. The SMILES string of the molecule is CCNC(c1cccc(Br)c1F)C1CN(C)CCN1C. The van der Waals surface area contributed by atoms with Gasteiger partial charge in [-0.25, -0.2) is 4.39 Å². The van der Waals surface area contributed by atoms with Crippen LogP contribution in [0.4, 0.5) is 4.39 Å². The normalized spacial score (nSPS) is 22.9. The summed E-state index contributed by atoms with van der Waals surface area (Å²) in [4.78, 5) is 4.64. The molecule has 0 spiro atoms. The summed E-state index contributed by atoms with van der Waals surface area (Å²) in [6.45, 7) is 5.91. The van der Waals surface area contributed by atoms with Gasteiger partial charge in [0.1, 0.15) is 5.82 Å². The molecule has 0 amide bonds. The number of halogens is 2. The lowest BCUT2D eigenvalue weighted by Crippen LogP contribution is -2.55. The van der Waals surface area contributed by atoms with Crippen LogP contribution in [0.25, 0.3) is 0 Å². The van der Waals surface area contributed by atoms with E-state index in [2.05, 4.69) is 52.1 Å². The first-order valence-electron chi connectivity index (χ1n) is 7.10. The highest BCUT2D eigenvalue weighted by Crippen LogP contribution is 2.28. The maximum absolute atomic E-state index is 14.4. The third-order valence-corrected chi connectivity index (χ3v) is 4.64. The van der Waals surface area contributed by atoms with Crippen LogP contribution in [0.3, 0.4) is 0 Å². The fourth-order valence-electron chi connectivity index (χ4n) is 2.84. The van der Waals surface area contributed by atoms with Crippen LogP contribution in [0.1, 0.15) is 18.5 Å². The van der Waals surface area contributed by atoms with Gasteiger partial charge in [0.15, 0.2) is 0 Å². The molecule has 1 N–H and O–H groups in total. The summed E-state index contributed by atoms with van der Waals surface area (Å²) in [5, 5.41) is 3.46. The van der Waals surface area contributed by atoms with E-state index < -0.39 is 0 Å². The number of hydrogen-bond donors (Lipinski definition) is 1. The summed E-state index contributed by atoms with van der Waals surface area (Å²) in [6.07, 6.45) is 0. The molecule has 3 nitrogen and oxygen atoms in total. The van der Waals surface area contributed by atoms with Crippen LogP contribution in [0, 0.1) is 5.82 Å². The van der Waals surface area contributed by atoms with Gasteiger partial charge in [0.25, 0.3) is 0 Å². The third-order valence-electron chi connectivity index (χ3n) is 4.02. The van der Waals surface area contributed by atoms with E-state index in [4.69, 9.17) is 0 Å². The Balaban J connectivity index is 2.32. The van der Waals surface area contributed by atoms with Gasteiger partial charge in [0, 0.05) is 31.2 Å². The van der Waals surface area contributed by atoms with E-state index in [1.807, 2.05) is 12.1 Å². The minimum atomic E-state index is -0.153. The summed E-state index contributed by atoms with van der Waals surface area (Å²) < 4.78 is 15.0. The molecule has 1 aromatic carbocycles. The Kier molecular flexibility index (Phi) is 5.55. The highest BCUT2D eigenvalue weighted by atomic mass is 79.9. The van der Waals surface area contributed by atoms with E-state index >= 15 is 0 Å². The zero-order chi connectivity index (χ0) is 14.7. The van der Waals surface area contributed by atoms with Crippen molar-refractivity contribution in [3.05, 3.63) is 34.1 Å². The molecular formula is C15H23BrFN3. The number of hydrogen-bond acceptors (Lipinski definition) is 3. The predicted octanol–water partition coefficient (Wildman–Crippen LogP) is 2.48. The van der Waals surface area contributed by atoms with Crippen LogP contribution < -0.4 is 5.32 Å². The van der Waals surface area contributed by atoms with Gasteiger partial charge in [-0.1, -0.05) is 19.1 Å². The number of piperazine rings is 1. The smallest absolute Gasteiger partial charge is 0.142 e. The quantitative estimate of drug-likeness (QED) is 0.905. The molecular weight excluding hydrogens is 321 g/mol. The molecule has 0 aliphatic carbocycles. The van der Waals surface area contributed by atoms with Gasteiger partial charge in [0.05, 0.1) is 10.5 Å². The van der Waals surface area contributed by atoms with E-state index in [-0.39, 0.29) is 17.9 Å². The van der Waals surface area contributed by atoms with E-state index in [1.165, 1.54) is 0 Å². The lowest BCUT2D eigenvalue weighted by molar-refractivity contribution is 0.0871. The van der Waals surface area contributed by atoms with Gasteiger partial charge in [-0.15, -0.1) is 0 Å². The van der Waals surface area contributed by atoms with Crippen molar-refractivity contribution in [1.82, 2.24) is 15.1 Å². The maximum Gasteiger partial charge on any atom is 0.142 e. The second-order valence-corrected chi connectivity index (χ2v) is 6.34. The van der Waals surface area contributed by atoms with Crippen molar-refractivity contribution in [1.29, 1.82) is 0 Å². The fourth-order valence-corrected chi connectivity index (χ4v) is 3.22. The number of nitrogens with zero attached hydrogens (tertiary/aromatic N) is 2. The molecule has 1 aliphatic rings. The largest absolute Gasteiger partial charge is 0.309 e. The summed E-state index contributed by atoms with van der Waals surface area (Å²) in [7, 11) is 4.25. The van der Waals surface area contributed by atoms with Crippen molar-refractivity contribution in [2.24, 2.45) is 0 Å². The monoisotopic (exact) mass is 343 g/mol. The van der Waals surface area contributed by atoms with E-state index in [9.17, 15) is 4.39 Å². The molecule has 0 aromatic heterocycles. The van der Waals surface area contributed by atoms with Gasteiger partial charge in [-0.2, -0.15) is 0 Å². The zero-order valence-corrected chi connectivity index (χ0v) is 14.0. The Morgan fingerprint density at radius 2 is 2.15 bits per heavy atom. The Morgan fingerprint density at radius 3 is 2.85 bits per heavy atom. The van der Waals surface area contributed by atoms with Crippen LogP contribution in [-0.4, -0.2) is 56.1 Å². The molecule has 2 atom stereocenters. The minimum absolute atomic E-state index is 0.00486. The van der Waals surface area contributed by atoms with Crippen LogP contribution in [-0.2, 0) is 0 Å². The number of benzene rings is 1. The van der Waals surface area contributed by atoms with Gasteiger partial charge in [0.2, 0.25) is 0 Å². The number of rotatable bonds is 4. The molecule has 112 valence electrons. The number of nitrogens with one attached hydrogen (secondary N) is 1. The number of likely N-dealkylation sites (N-methyl/N-ethyl adjacent to an activating group) is 3. The molecule has 1 fully saturated rings. The zero-order valence-electron chi connectivity index (χ0n) is 12.4. The van der Waals surface area contributed by atoms with Gasteiger partial charge in [-0.3, -0.25) is 4.90 Å². The molecule has 1 aromatic rings. The first kappa shape index (κ1) is 15.9. The van der Waals surface area contributed by atoms with Crippen LogP contribution in [0.5, 0.6) is 0 Å². The van der Waals surface area contributed by atoms with Crippen molar-refractivity contribution >= 4 is 15.9 Å². The third kappa shape index (κ3) is 3.39. The first-order valence-corrected chi connectivity index (χ1v) is 7.90. The molecule has 5 heteroatoms. The predicted molar refractivity (Wildman–Crippen MR) is 84.4 cm³/mol. The molecule has 0 radical (unpaired) electrons. The van der Waals surface area contributed by atoms with Gasteiger partial charge >= 0.3 is 0 Å². The minimum Gasteiger partial charge on any atom is -0.309 e. The lowest BCUT2D eigenvalue weighted by atomic mass is 9.95. The molecule has 0 bridgehead atoms. The van der Waals surface area contributed by atoms with Crippen molar-refractivity contribution < 1.29 is 4.39 Å². The average molecular weight is 344 g/mol. The highest BCUT2D eigenvalue weighted by molar-refractivity contribution is 9.10. The second-order valence-electron chi connectivity index (χ2n) is 5.49. The van der Waals surface area contributed by atoms with Crippen molar-refractivity contribution in [2.75, 3.05) is 40.3 Å². The molecule has 2 unspecified atom stereocenters. The topological polar surface area (TPSA) is 18.5 Å². The maximum atomic E-state index is 14.4. The summed E-state index contributed by atoms with van der Waals surface area (Å²) >= 11 is 3.29. The van der Waals surface area contributed by atoms with Crippen LogP contribution >= 0.6 is 15.9 Å². The first-order chi connectivity index (χ1) is 9.54. The highest BCUT2D eigenvalue weighted by Gasteiger charge is 2.32. The molecule has 1 aliphatic heterocycles. The van der Waals surface area contributed by atoms with Crippen molar-refractivity contribution in [3.8, 4) is 0 Å². The Bertz CT molecular complexity index is 455. The summed E-state index contributed by atoms with van der Waals surface area (Å²) in [6, 6.07) is 5.82. The summed E-state index contributed by atoms with van der Waals surface area (Å²) in [5.41, 5.74) is 0.744. The fraction of sp³-hybridized carbons (Fsp3) is 0.600. The van der Waals surface area contributed by atoms with E-state index in [0.717, 1.165) is 31.7 Å². The van der Waals surface area contributed by atoms with Crippen LogP contribution in [0.2, 0.25) is 0 Å². The van der Waals surface area contributed by atoms with Gasteiger partial charge in [-0.05, 0) is 42.6 Å². The average Bonchev–Trinajstić information content (AvgIpc) is 2.43. The lowest BCUT2D eigenvalue weighted by Gasteiger charge is -2.42. The second kappa shape index (κ2) is 6.98. The Hall–Kier alpha value is -0.490. The summed E-state index contributed by atoms with van der Waals surface area (Å²) in [5.74, 6) is -0.153. The Morgan fingerprint density at radius 1 is 1.40 bits per heavy atom. The molecule has 2 rings (SSSR count). The standard InChI is InChI=1S/C15H23BrFN3/c1-4-18-15(11-6-5-7-12(16)14(11)17)13-10-19(2)8-9-20(13)3/h5-7,13,15,18H,4,8-10H2,1-3H3. The molecule has 0 saturated carbocycles. The van der Waals surface area contributed by atoms with E-state index in [1.54, 1.807) is 6.07 Å².